The Balaban J connectivity index is 2.05. The van der Waals surface area contributed by atoms with Gasteiger partial charge in [0.25, 0.3) is 0 Å². The van der Waals surface area contributed by atoms with Crippen LogP contribution in [0.4, 0.5) is 0 Å². The summed E-state index contributed by atoms with van der Waals surface area (Å²) in [6, 6.07) is 4.45. The standard InChI is InChI=1S/C22H38N4O3/c1-7-23-22(25-14-18-9-8-10-26(18)15-16(2)3)24-13-17-11-19(27-4)21(29-6)20(12-17)28-5/h11-12,16,18H,7-10,13-15H2,1-6H3,(H2,23,24,25)/t18-/m1/s1. The molecular formula is C22H38N4O3. The fourth-order valence-electron chi connectivity index (χ4n) is 3.79. The number of ether oxygens (including phenoxy) is 3. The highest BCUT2D eigenvalue weighted by molar-refractivity contribution is 5.79. The Bertz CT molecular complexity index is 638. The van der Waals surface area contributed by atoms with Gasteiger partial charge in [0.2, 0.25) is 5.75 Å². The Morgan fingerprint density at radius 2 is 1.83 bits per heavy atom. The highest BCUT2D eigenvalue weighted by Crippen LogP contribution is 2.38. The minimum atomic E-state index is 0.520. The Kier molecular flexibility index (Phi) is 9.38. The van der Waals surface area contributed by atoms with Gasteiger partial charge in [-0.2, -0.15) is 0 Å². The molecule has 1 aromatic rings. The number of likely N-dealkylation sites (tertiary alicyclic amines) is 1. The second kappa shape index (κ2) is 11.8. The number of methoxy groups -OCH3 is 3. The maximum Gasteiger partial charge on any atom is 0.203 e. The first-order valence-corrected chi connectivity index (χ1v) is 10.6. The number of nitrogens with one attached hydrogen (secondary N) is 2. The van der Waals surface area contributed by atoms with Crippen LogP contribution in [-0.4, -0.2) is 64.4 Å². The minimum Gasteiger partial charge on any atom is -0.493 e. The van der Waals surface area contributed by atoms with Crippen molar-refractivity contribution in [2.24, 2.45) is 10.9 Å². The molecule has 0 spiro atoms. The van der Waals surface area contributed by atoms with Gasteiger partial charge in [-0.25, -0.2) is 4.99 Å². The quantitative estimate of drug-likeness (QED) is 0.460. The van der Waals surface area contributed by atoms with Crippen LogP contribution in [0.15, 0.2) is 17.1 Å². The van der Waals surface area contributed by atoms with E-state index in [9.17, 15) is 0 Å². The number of hydrogen-bond acceptors (Lipinski definition) is 5. The Hall–Kier alpha value is -2.15. The summed E-state index contributed by atoms with van der Waals surface area (Å²) in [5, 5.41) is 6.87. The molecule has 0 aromatic heterocycles. The van der Waals surface area contributed by atoms with Gasteiger partial charge in [-0.3, -0.25) is 4.90 Å². The van der Waals surface area contributed by atoms with Crippen LogP contribution in [0.1, 0.15) is 39.2 Å². The van der Waals surface area contributed by atoms with Crippen LogP contribution in [0, 0.1) is 5.92 Å². The van der Waals surface area contributed by atoms with Crippen molar-refractivity contribution < 1.29 is 14.2 Å². The number of rotatable bonds is 10. The van der Waals surface area contributed by atoms with Gasteiger partial charge in [0.1, 0.15) is 0 Å². The molecule has 1 aromatic carbocycles. The van der Waals surface area contributed by atoms with Gasteiger partial charge in [0.05, 0.1) is 27.9 Å². The van der Waals surface area contributed by atoms with Crippen LogP contribution in [-0.2, 0) is 6.54 Å². The number of aliphatic imine (C=N–C) groups is 1. The normalized spacial score (nSPS) is 17.5. The van der Waals surface area contributed by atoms with E-state index < -0.39 is 0 Å². The molecule has 1 heterocycles. The molecule has 164 valence electrons. The average molecular weight is 407 g/mol. The van der Waals surface area contributed by atoms with E-state index in [0.717, 1.165) is 31.2 Å². The van der Waals surface area contributed by atoms with Crippen molar-refractivity contribution in [1.82, 2.24) is 15.5 Å². The summed E-state index contributed by atoms with van der Waals surface area (Å²) >= 11 is 0. The van der Waals surface area contributed by atoms with Crippen LogP contribution in [0.25, 0.3) is 0 Å². The van der Waals surface area contributed by atoms with Gasteiger partial charge < -0.3 is 24.8 Å². The third-order valence-electron chi connectivity index (χ3n) is 5.09. The van der Waals surface area contributed by atoms with Gasteiger partial charge in [0.15, 0.2) is 17.5 Å². The Morgan fingerprint density at radius 3 is 2.38 bits per heavy atom. The number of guanidine groups is 1. The SMILES string of the molecule is CCNC(=NCc1cc(OC)c(OC)c(OC)c1)NC[C@H]1CCCN1CC(C)C. The number of hydrogen-bond donors (Lipinski definition) is 2. The van der Waals surface area contributed by atoms with E-state index in [2.05, 4.69) is 36.3 Å². The predicted octanol–water partition coefficient (Wildman–Crippen LogP) is 2.89. The van der Waals surface area contributed by atoms with Gasteiger partial charge in [-0.15, -0.1) is 0 Å². The second-order valence-electron chi connectivity index (χ2n) is 7.79. The van der Waals surface area contributed by atoms with Crippen molar-refractivity contribution in [2.75, 3.05) is 47.5 Å². The van der Waals surface area contributed by atoms with Gasteiger partial charge >= 0.3 is 0 Å². The molecule has 2 N–H and O–H groups in total. The van der Waals surface area contributed by atoms with Crippen LogP contribution < -0.4 is 24.8 Å². The zero-order valence-electron chi connectivity index (χ0n) is 18.9. The van der Waals surface area contributed by atoms with E-state index >= 15 is 0 Å². The summed E-state index contributed by atoms with van der Waals surface area (Å²) in [6.45, 7) is 11.3. The van der Waals surface area contributed by atoms with E-state index in [-0.39, 0.29) is 0 Å². The van der Waals surface area contributed by atoms with E-state index in [4.69, 9.17) is 19.2 Å². The lowest BCUT2D eigenvalue weighted by molar-refractivity contribution is 0.226. The summed E-state index contributed by atoms with van der Waals surface area (Å²) in [5.41, 5.74) is 0.999. The third-order valence-corrected chi connectivity index (χ3v) is 5.09. The molecule has 0 amide bonds. The molecule has 0 bridgehead atoms. The molecule has 7 nitrogen and oxygen atoms in total. The van der Waals surface area contributed by atoms with Gasteiger partial charge in [-0.05, 0) is 49.9 Å². The molecule has 2 rings (SSSR count). The fraction of sp³-hybridized carbons (Fsp3) is 0.682. The Morgan fingerprint density at radius 1 is 1.14 bits per heavy atom. The van der Waals surface area contributed by atoms with Crippen LogP contribution in [0.5, 0.6) is 17.2 Å². The lowest BCUT2D eigenvalue weighted by Crippen LogP contribution is -2.45. The largest absolute Gasteiger partial charge is 0.493 e. The van der Waals surface area contributed by atoms with E-state index in [0.29, 0.717) is 35.8 Å². The van der Waals surface area contributed by atoms with E-state index in [1.807, 2.05) is 12.1 Å². The van der Waals surface area contributed by atoms with Crippen molar-refractivity contribution in [3.8, 4) is 17.2 Å². The molecular weight excluding hydrogens is 368 g/mol. The second-order valence-corrected chi connectivity index (χ2v) is 7.79. The minimum absolute atomic E-state index is 0.520. The van der Waals surface area contributed by atoms with E-state index in [1.165, 1.54) is 19.4 Å². The van der Waals surface area contributed by atoms with Crippen molar-refractivity contribution >= 4 is 5.96 Å². The maximum atomic E-state index is 5.44. The first kappa shape index (κ1) is 23.1. The van der Waals surface area contributed by atoms with Crippen LogP contribution in [0.2, 0.25) is 0 Å². The number of nitrogens with zero attached hydrogens (tertiary/aromatic N) is 2. The monoisotopic (exact) mass is 406 g/mol. The summed E-state index contributed by atoms with van der Waals surface area (Å²) in [6.07, 6.45) is 2.52. The topological polar surface area (TPSA) is 67.4 Å². The van der Waals surface area contributed by atoms with Crippen LogP contribution in [0.3, 0.4) is 0 Å². The van der Waals surface area contributed by atoms with Crippen molar-refractivity contribution in [3.05, 3.63) is 17.7 Å². The molecule has 0 aliphatic carbocycles. The summed E-state index contributed by atoms with van der Waals surface area (Å²) in [7, 11) is 4.86. The van der Waals surface area contributed by atoms with E-state index in [1.54, 1.807) is 21.3 Å². The zero-order valence-corrected chi connectivity index (χ0v) is 18.9. The van der Waals surface area contributed by atoms with Crippen molar-refractivity contribution in [2.45, 2.75) is 46.2 Å². The molecule has 29 heavy (non-hydrogen) atoms. The van der Waals surface area contributed by atoms with Crippen molar-refractivity contribution in [1.29, 1.82) is 0 Å². The summed E-state index contributed by atoms with van der Waals surface area (Å²) in [5.74, 6) is 3.41. The molecule has 0 unspecified atom stereocenters. The van der Waals surface area contributed by atoms with Crippen molar-refractivity contribution in [3.63, 3.8) is 0 Å². The molecule has 0 saturated carbocycles. The third kappa shape index (κ3) is 6.70. The van der Waals surface area contributed by atoms with Gasteiger partial charge in [-0.1, -0.05) is 13.8 Å². The fourth-order valence-corrected chi connectivity index (χ4v) is 3.79. The molecule has 1 saturated heterocycles. The maximum absolute atomic E-state index is 5.44. The van der Waals surface area contributed by atoms with Gasteiger partial charge in [0, 0.05) is 25.7 Å². The zero-order chi connectivity index (χ0) is 21.2. The first-order chi connectivity index (χ1) is 14.0. The summed E-state index contributed by atoms with van der Waals surface area (Å²) in [4.78, 5) is 7.36. The predicted molar refractivity (Wildman–Crippen MR) is 118 cm³/mol. The average Bonchev–Trinajstić information content (AvgIpc) is 3.15. The molecule has 1 fully saturated rings. The van der Waals surface area contributed by atoms with Crippen LogP contribution >= 0.6 is 0 Å². The molecule has 1 atom stereocenters. The highest BCUT2D eigenvalue weighted by atomic mass is 16.5. The lowest BCUT2D eigenvalue weighted by atomic mass is 10.1. The smallest absolute Gasteiger partial charge is 0.203 e. The first-order valence-electron chi connectivity index (χ1n) is 10.6. The molecule has 0 radical (unpaired) electrons. The lowest BCUT2D eigenvalue weighted by Gasteiger charge is -2.27. The molecule has 1 aliphatic heterocycles. The highest BCUT2D eigenvalue weighted by Gasteiger charge is 2.24. The molecule has 7 heteroatoms. The molecule has 1 aliphatic rings. The number of benzene rings is 1. The Labute approximate surface area is 175 Å². The summed E-state index contributed by atoms with van der Waals surface area (Å²) < 4.78 is 16.3.